The number of piperidine rings is 1. The zero-order valence-corrected chi connectivity index (χ0v) is 12.9. The van der Waals surface area contributed by atoms with E-state index < -0.39 is 5.97 Å². The van der Waals surface area contributed by atoms with Crippen molar-refractivity contribution in [2.45, 2.75) is 52.0 Å². The molecule has 1 unspecified atom stereocenters. The van der Waals surface area contributed by atoms with Gasteiger partial charge >= 0.3 is 12.0 Å². The summed E-state index contributed by atoms with van der Waals surface area (Å²) in [4.78, 5) is 27.0. The summed E-state index contributed by atoms with van der Waals surface area (Å²) in [5.74, 6) is -0.553. The van der Waals surface area contributed by atoms with Gasteiger partial charge in [-0.25, -0.2) is 4.79 Å². The number of urea groups is 1. The molecular weight excluding hydrogens is 270 g/mol. The lowest BCUT2D eigenvalue weighted by atomic mass is 9.99. The molecule has 1 N–H and O–H groups in total. The Kier molecular flexibility index (Phi) is 7.00. The van der Waals surface area contributed by atoms with Gasteiger partial charge in [0.2, 0.25) is 0 Å². The molecule has 0 aromatic rings. The van der Waals surface area contributed by atoms with E-state index in [1.807, 2.05) is 13.8 Å². The van der Waals surface area contributed by atoms with Crippen molar-refractivity contribution in [1.29, 1.82) is 5.26 Å². The number of carboxylic acid groups (broad SMARTS) is 1. The Bertz CT molecular complexity index is 403. The van der Waals surface area contributed by atoms with Crippen LogP contribution in [0.4, 0.5) is 4.79 Å². The van der Waals surface area contributed by atoms with Crippen LogP contribution in [0.5, 0.6) is 0 Å². The second kappa shape index (κ2) is 8.50. The van der Waals surface area contributed by atoms with Gasteiger partial charge in [0.1, 0.15) is 0 Å². The maximum Gasteiger partial charge on any atom is 0.320 e. The average Bonchev–Trinajstić information content (AvgIpc) is 2.42. The van der Waals surface area contributed by atoms with Gasteiger partial charge in [-0.3, -0.25) is 4.79 Å². The van der Waals surface area contributed by atoms with Crippen LogP contribution in [0.2, 0.25) is 0 Å². The molecule has 1 aliphatic rings. The first kappa shape index (κ1) is 17.3. The molecule has 0 radical (unpaired) electrons. The third-order valence-electron chi connectivity index (χ3n) is 3.63. The smallest absolute Gasteiger partial charge is 0.320 e. The van der Waals surface area contributed by atoms with Gasteiger partial charge in [-0.15, -0.1) is 0 Å². The average molecular weight is 295 g/mol. The van der Waals surface area contributed by atoms with Crippen LogP contribution in [0.25, 0.3) is 0 Å². The second-order valence-electron chi connectivity index (χ2n) is 5.97. The minimum atomic E-state index is -0.868. The predicted molar refractivity (Wildman–Crippen MR) is 78.6 cm³/mol. The Morgan fingerprint density at radius 3 is 2.71 bits per heavy atom. The number of carbonyl (C=O) groups excluding carboxylic acids is 1. The van der Waals surface area contributed by atoms with E-state index in [2.05, 4.69) is 6.07 Å². The number of nitrogens with zero attached hydrogens (tertiary/aromatic N) is 3. The van der Waals surface area contributed by atoms with Crippen molar-refractivity contribution in [3.05, 3.63) is 0 Å². The van der Waals surface area contributed by atoms with Crippen LogP contribution < -0.4 is 0 Å². The van der Waals surface area contributed by atoms with Crippen LogP contribution in [-0.4, -0.2) is 52.6 Å². The van der Waals surface area contributed by atoms with Crippen molar-refractivity contribution >= 4 is 12.0 Å². The first-order valence-electron chi connectivity index (χ1n) is 7.60. The summed E-state index contributed by atoms with van der Waals surface area (Å²) in [6, 6.07) is 1.72. The molecule has 0 saturated carbocycles. The standard InChI is InChI=1S/C15H25N3O3/c1-12(2)11-17(8-5-7-16)15(21)18-9-4-3-6-13(18)10-14(19)20/h12-13H,3-6,8-11H2,1-2H3,(H,19,20). The lowest BCUT2D eigenvalue weighted by molar-refractivity contribution is -0.138. The molecule has 1 aliphatic heterocycles. The van der Waals surface area contributed by atoms with E-state index in [9.17, 15) is 9.59 Å². The molecule has 1 heterocycles. The third-order valence-corrected chi connectivity index (χ3v) is 3.63. The molecule has 21 heavy (non-hydrogen) atoms. The fourth-order valence-electron chi connectivity index (χ4n) is 2.74. The number of hydrogen-bond donors (Lipinski definition) is 1. The fraction of sp³-hybridized carbons (Fsp3) is 0.800. The van der Waals surface area contributed by atoms with Gasteiger partial charge in [-0.1, -0.05) is 13.8 Å². The molecule has 6 heteroatoms. The fourth-order valence-corrected chi connectivity index (χ4v) is 2.74. The normalized spacial score (nSPS) is 18.4. The maximum absolute atomic E-state index is 12.7. The minimum Gasteiger partial charge on any atom is -0.481 e. The van der Waals surface area contributed by atoms with E-state index in [-0.39, 0.29) is 18.5 Å². The van der Waals surface area contributed by atoms with Crippen molar-refractivity contribution in [2.24, 2.45) is 5.92 Å². The highest BCUT2D eigenvalue weighted by atomic mass is 16.4. The number of carbonyl (C=O) groups is 2. The molecule has 0 aliphatic carbocycles. The monoisotopic (exact) mass is 295 g/mol. The van der Waals surface area contributed by atoms with Gasteiger partial charge in [-0.2, -0.15) is 5.26 Å². The lowest BCUT2D eigenvalue weighted by Gasteiger charge is -2.39. The first-order valence-corrected chi connectivity index (χ1v) is 7.60. The highest BCUT2D eigenvalue weighted by Crippen LogP contribution is 2.21. The van der Waals surface area contributed by atoms with E-state index in [0.29, 0.717) is 32.0 Å². The molecule has 2 amide bonds. The zero-order chi connectivity index (χ0) is 15.8. The number of hydrogen-bond acceptors (Lipinski definition) is 3. The Hall–Kier alpha value is -1.77. The SMILES string of the molecule is CC(C)CN(CCC#N)C(=O)N1CCCCC1CC(=O)O. The number of rotatable bonds is 6. The maximum atomic E-state index is 12.7. The van der Waals surface area contributed by atoms with Gasteiger partial charge in [0.15, 0.2) is 0 Å². The molecule has 0 aromatic carbocycles. The molecule has 118 valence electrons. The molecular formula is C15H25N3O3. The van der Waals surface area contributed by atoms with Crippen LogP contribution in [0.15, 0.2) is 0 Å². The van der Waals surface area contributed by atoms with E-state index >= 15 is 0 Å². The molecule has 1 saturated heterocycles. The summed E-state index contributed by atoms with van der Waals surface area (Å²) in [5, 5.41) is 17.7. The van der Waals surface area contributed by atoms with E-state index in [0.717, 1.165) is 19.3 Å². The van der Waals surface area contributed by atoms with Crippen molar-refractivity contribution in [2.75, 3.05) is 19.6 Å². The summed E-state index contributed by atoms with van der Waals surface area (Å²) in [6.45, 7) is 5.66. The van der Waals surface area contributed by atoms with Crippen molar-refractivity contribution < 1.29 is 14.7 Å². The number of amides is 2. The number of carboxylic acids is 1. The van der Waals surface area contributed by atoms with Gasteiger partial charge in [0.25, 0.3) is 0 Å². The summed E-state index contributed by atoms with van der Waals surface area (Å²) in [6.07, 6.45) is 2.92. The molecule has 0 spiro atoms. The quantitative estimate of drug-likeness (QED) is 0.815. The number of likely N-dealkylation sites (tertiary alicyclic amines) is 1. The van der Waals surface area contributed by atoms with Crippen molar-refractivity contribution in [1.82, 2.24) is 9.80 Å². The first-order chi connectivity index (χ1) is 9.95. The van der Waals surface area contributed by atoms with Gasteiger partial charge in [0.05, 0.1) is 18.9 Å². The highest BCUT2D eigenvalue weighted by molar-refractivity contribution is 5.76. The van der Waals surface area contributed by atoms with Crippen LogP contribution in [0.1, 0.15) is 46.0 Å². The third kappa shape index (κ3) is 5.62. The molecule has 1 atom stereocenters. The topological polar surface area (TPSA) is 84.6 Å². The summed E-state index contributed by atoms with van der Waals surface area (Å²) in [7, 11) is 0. The number of nitriles is 1. The van der Waals surface area contributed by atoms with Crippen LogP contribution in [0.3, 0.4) is 0 Å². The summed E-state index contributed by atoms with van der Waals surface area (Å²) < 4.78 is 0. The van der Waals surface area contributed by atoms with Crippen LogP contribution >= 0.6 is 0 Å². The van der Waals surface area contributed by atoms with E-state index in [4.69, 9.17) is 10.4 Å². The summed E-state index contributed by atoms with van der Waals surface area (Å²) in [5.41, 5.74) is 0. The molecule has 0 aromatic heterocycles. The lowest BCUT2D eigenvalue weighted by Crippen LogP contribution is -2.51. The van der Waals surface area contributed by atoms with Crippen LogP contribution in [0, 0.1) is 17.2 Å². The van der Waals surface area contributed by atoms with Crippen LogP contribution in [-0.2, 0) is 4.79 Å². The Morgan fingerprint density at radius 1 is 1.43 bits per heavy atom. The molecule has 1 rings (SSSR count). The predicted octanol–water partition coefficient (Wildman–Crippen LogP) is 2.31. The van der Waals surface area contributed by atoms with Crippen molar-refractivity contribution in [3.8, 4) is 6.07 Å². The second-order valence-corrected chi connectivity index (χ2v) is 5.97. The van der Waals surface area contributed by atoms with E-state index in [1.54, 1.807) is 9.80 Å². The van der Waals surface area contributed by atoms with Gasteiger partial charge in [0, 0.05) is 25.7 Å². The Morgan fingerprint density at radius 2 is 2.14 bits per heavy atom. The van der Waals surface area contributed by atoms with Crippen molar-refractivity contribution in [3.63, 3.8) is 0 Å². The molecule has 1 fully saturated rings. The number of aliphatic carboxylic acids is 1. The minimum absolute atomic E-state index is 0.000488. The van der Waals surface area contributed by atoms with E-state index in [1.165, 1.54) is 0 Å². The molecule has 0 bridgehead atoms. The van der Waals surface area contributed by atoms with Gasteiger partial charge < -0.3 is 14.9 Å². The summed E-state index contributed by atoms with van der Waals surface area (Å²) >= 11 is 0. The highest BCUT2D eigenvalue weighted by Gasteiger charge is 2.31. The zero-order valence-electron chi connectivity index (χ0n) is 12.9. The Labute approximate surface area is 126 Å². The van der Waals surface area contributed by atoms with Gasteiger partial charge in [-0.05, 0) is 25.2 Å². The Balaban J connectivity index is 2.77. The molecule has 6 nitrogen and oxygen atoms in total. The largest absolute Gasteiger partial charge is 0.481 e.